The Morgan fingerprint density at radius 2 is 1.92 bits per heavy atom. The standard InChI is InChI=1S/C10H16Br2O/c1-9(2)5-4-7(11)10(3,12)8(13)6-9/h7H,4-6H2,1-3H3. The van der Waals surface area contributed by atoms with Gasteiger partial charge in [0.15, 0.2) is 5.78 Å². The smallest absolute Gasteiger partial charge is 0.150 e. The topological polar surface area (TPSA) is 17.1 Å². The fraction of sp³-hybridized carbons (Fsp3) is 0.900. The van der Waals surface area contributed by atoms with Crippen LogP contribution in [-0.4, -0.2) is 14.9 Å². The van der Waals surface area contributed by atoms with Gasteiger partial charge in [-0.3, -0.25) is 4.79 Å². The molecule has 2 unspecified atom stereocenters. The van der Waals surface area contributed by atoms with Crippen molar-refractivity contribution in [3.63, 3.8) is 0 Å². The molecule has 1 aliphatic carbocycles. The summed E-state index contributed by atoms with van der Waals surface area (Å²) < 4.78 is -0.374. The molecule has 0 saturated heterocycles. The molecule has 1 saturated carbocycles. The zero-order valence-corrected chi connectivity index (χ0v) is 11.5. The highest BCUT2D eigenvalue weighted by Crippen LogP contribution is 2.42. The molecule has 0 bridgehead atoms. The van der Waals surface area contributed by atoms with Gasteiger partial charge >= 0.3 is 0 Å². The van der Waals surface area contributed by atoms with Gasteiger partial charge in [0.1, 0.15) is 0 Å². The molecule has 0 heterocycles. The number of halogens is 2. The summed E-state index contributed by atoms with van der Waals surface area (Å²) >= 11 is 7.11. The zero-order valence-electron chi connectivity index (χ0n) is 8.36. The Morgan fingerprint density at radius 1 is 1.38 bits per heavy atom. The van der Waals surface area contributed by atoms with E-state index in [9.17, 15) is 4.79 Å². The first-order chi connectivity index (χ1) is 5.76. The Morgan fingerprint density at radius 3 is 2.46 bits per heavy atom. The molecular weight excluding hydrogens is 296 g/mol. The second-order valence-electron chi connectivity index (χ2n) is 4.85. The molecule has 0 aromatic heterocycles. The highest BCUT2D eigenvalue weighted by atomic mass is 79.9. The molecule has 1 rings (SSSR count). The van der Waals surface area contributed by atoms with Crippen molar-refractivity contribution in [1.29, 1.82) is 0 Å². The average Bonchev–Trinajstić information content (AvgIpc) is 2.03. The molecule has 2 atom stereocenters. The normalized spacial score (nSPS) is 40.1. The van der Waals surface area contributed by atoms with Crippen molar-refractivity contribution in [2.24, 2.45) is 5.41 Å². The molecule has 13 heavy (non-hydrogen) atoms. The lowest BCUT2D eigenvalue weighted by molar-refractivity contribution is -0.122. The summed E-state index contributed by atoms with van der Waals surface area (Å²) in [5.41, 5.74) is 0.161. The molecule has 0 amide bonds. The fourth-order valence-electron chi connectivity index (χ4n) is 1.66. The Labute approximate surface area is 96.9 Å². The number of alkyl halides is 2. The van der Waals surface area contributed by atoms with Gasteiger partial charge in [-0.25, -0.2) is 0 Å². The van der Waals surface area contributed by atoms with Gasteiger partial charge in [-0.05, 0) is 25.2 Å². The molecule has 0 N–H and O–H groups in total. The highest BCUT2D eigenvalue weighted by molar-refractivity contribution is 9.12. The van der Waals surface area contributed by atoms with Crippen molar-refractivity contribution in [1.82, 2.24) is 0 Å². The molecule has 1 aliphatic rings. The Balaban J connectivity index is 2.89. The summed E-state index contributed by atoms with van der Waals surface area (Å²) in [6.45, 7) is 6.30. The van der Waals surface area contributed by atoms with Crippen LogP contribution in [0.5, 0.6) is 0 Å². The second-order valence-corrected chi connectivity index (χ2v) is 7.60. The van der Waals surface area contributed by atoms with Crippen LogP contribution in [-0.2, 0) is 4.79 Å². The molecule has 0 aromatic rings. The number of ketones is 1. The Bertz CT molecular complexity index is 221. The monoisotopic (exact) mass is 310 g/mol. The van der Waals surface area contributed by atoms with Gasteiger partial charge in [-0.15, -0.1) is 0 Å². The van der Waals surface area contributed by atoms with Crippen LogP contribution < -0.4 is 0 Å². The van der Waals surface area contributed by atoms with Crippen molar-refractivity contribution >= 4 is 37.6 Å². The second kappa shape index (κ2) is 3.65. The van der Waals surface area contributed by atoms with Crippen molar-refractivity contribution < 1.29 is 4.79 Å². The molecule has 3 heteroatoms. The van der Waals surface area contributed by atoms with Crippen LogP contribution in [0.25, 0.3) is 0 Å². The first-order valence-corrected chi connectivity index (χ1v) is 6.33. The van der Waals surface area contributed by atoms with E-state index >= 15 is 0 Å². The zero-order chi connectivity index (χ0) is 10.3. The first-order valence-electron chi connectivity index (χ1n) is 4.62. The van der Waals surface area contributed by atoms with E-state index in [4.69, 9.17) is 0 Å². The molecule has 1 fully saturated rings. The molecule has 1 nitrogen and oxygen atoms in total. The molecule has 0 spiro atoms. The largest absolute Gasteiger partial charge is 0.298 e. The third kappa shape index (κ3) is 2.56. The lowest BCUT2D eigenvalue weighted by atomic mass is 9.84. The third-order valence-corrected chi connectivity index (χ3v) is 5.83. The van der Waals surface area contributed by atoms with Crippen LogP contribution >= 0.6 is 31.9 Å². The van der Waals surface area contributed by atoms with E-state index < -0.39 is 0 Å². The summed E-state index contributed by atoms with van der Waals surface area (Å²) in [6.07, 6.45) is 2.84. The van der Waals surface area contributed by atoms with E-state index in [-0.39, 0.29) is 14.6 Å². The first kappa shape index (κ1) is 11.7. The van der Waals surface area contributed by atoms with Crippen LogP contribution in [0.15, 0.2) is 0 Å². The maximum Gasteiger partial charge on any atom is 0.150 e. The van der Waals surface area contributed by atoms with Crippen LogP contribution in [0.2, 0.25) is 0 Å². The number of Topliss-reactive ketones (excluding diaryl/α,β-unsaturated/α-hetero) is 1. The number of carbonyl (C=O) groups excluding carboxylic acids is 1. The molecule has 0 aromatic carbocycles. The quantitative estimate of drug-likeness (QED) is 0.492. The summed E-state index contributed by atoms with van der Waals surface area (Å²) in [5.74, 6) is 0.317. The van der Waals surface area contributed by atoms with E-state index in [2.05, 4.69) is 45.7 Å². The summed E-state index contributed by atoms with van der Waals surface area (Å²) in [6, 6.07) is 0. The van der Waals surface area contributed by atoms with Gasteiger partial charge < -0.3 is 0 Å². The van der Waals surface area contributed by atoms with Crippen LogP contribution in [0.1, 0.15) is 40.0 Å². The van der Waals surface area contributed by atoms with Gasteiger partial charge in [0.2, 0.25) is 0 Å². The maximum atomic E-state index is 11.9. The Kier molecular flexibility index (Phi) is 3.29. The van der Waals surface area contributed by atoms with Gasteiger partial charge in [0.25, 0.3) is 0 Å². The number of hydrogen-bond donors (Lipinski definition) is 0. The number of hydrogen-bond acceptors (Lipinski definition) is 1. The van der Waals surface area contributed by atoms with E-state index in [0.717, 1.165) is 12.8 Å². The lowest BCUT2D eigenvalue weighted by Crippen LogP contribution is -2.36. The van der Waals surface area contributed by atoms with Crippen molar-refractivity contribution in [3.8, 4) is 0 Å². The van der Waals surface area contributed by atoms with Crippen molar-refractivity contribution in [2.45, 2.75) is 49.2 Å². The molecule has 76 valence electrons. The van der Waals surface area contributed by atoms with Gasteiger partial charge in [0, 0.05) is 11.2 Å². The minimum atomic E-state index is -0.374. The lowest BCUT2D eigenvalue weighted by Gasteiger charge is -2.24. The molecule has 0 radical (unpaired) electrons. The van der Waals surface area contributed by atoms with Gasteiger partial charge in [0.05, 0.1) is 4.32 Å². The summed E-state index contributed by atoms with van der Waals surface area (Å²) in [7, 11) is 0. The summed E-state index contributed by atoms with van der Waals surface area (Å²) in [5, 5.41) is 0. The molecular formula is C10H16Br2O. The maximum absolute atomic E-state index is 11.9. The fourth-order valence-corrected chi connectivity index (χ4v) is 2.51. The van der Waals surface area contributed by atoms with E-state index in [0.29, 0.717) is 12.2 Å². The minimum Gasteiger partial charge on any atom is -0.298 e. The summed E-state index contributed by atoms with van der Waals surface area (Å²) in [4.78, 5) is 12.1. The van der Waals surface area contributed by atoms with Crippen molar-refractivity contribution in [2.75, 3.05) is 0 Å². The Hall–Kier alpha value is 0.630. The van der Waals surface area contributed by atoms with E-state index in [1.165, 1.54) is 0 Å². The predicted octanol–water partition coefficient (Wildman–Crippen LogP) is 3.68. The van der Waals surface area contributed by atoms with Crippen LogP contribution in [0.4, 0.5) is 0 Å². The number of rotatable bonds is 0. The van der Waals surface area contributed by atoms with Crippen molar-refractivity contribution in [3.05, 3.63) is 0 Å². The SMILES string of the molecule is CC1(C)CCC(Br)C(C)(Br)C(=O)C1. The average molecular weight is 312 g/mol. The highest BCUT2D eigenvalue weighted by Gasteiger charge is 2.42. The van der Waals surface area contributed by atoms with Gasteiger partial charge in [-0.2, -0.15) is 0 Å². The predicted molar refractivity (Wildman–Crippen MR) is 62.7 cm³/mol. The van der Waals surface area contributed by atoms with E-state index in [1.54, 1.807) is 0 Å². The van der Waals surface area contributed by atoms with Crippen LogP contribution in [0, 0.1) is 5.41 Å². The third-order valence-electron chi connectivity index (χ3n) is 2.85. The molecule has 0 aliphatic heterocycles. The number of carbonyl (C=O) groups is 1. The van der Waals surface area contributed by atoms with Crippen LogP contribution in [0.3, 0.4) is 0 Å². The van der Waals surface area contributed by atoms with E-state index in [1.807, 2.05) is 6.92 Å². The minimum absolute atomic E-state index is 0.161. The van der Waals surface area contributed by atoms with Gasteiger partial charge in [-0.1, -0.05) is 45.7 Å².